The van der Waals surface area contributed by atoms with Crippen LogP contribution >= 0.6 is 0 Å². The van der Waals surface area contributed by atoms with Gasteiger partial charge >= 0.3 is 0 Å². The number of aromatic hydroxyl groups is 1. The molecule has 0 aromatic heterocycles. The second kappa shape index (κ2) is 8.49. The fourth-order valence-corrected chi connectivity index (χ4v) is 3.06. The highest BCUT2D eigenvalue weighted by Gasteiger charge is 2.27. The van der Waals surface area contributed by atoms with Crippen LogP contribution in [0.25, 0.3) is 6.08 Å². The highest BCUT2D eigenvalue weighted by Crippen LogP contribution is 2.27. The van der Waals surface area contributed by atoms with Crippen LogP contribution in [0, 0.1) is 11.7 Å². The van der Waals surface area contributed by atoms with E-state index in [1.165, 1.54) is 24.3 Å². The van der Waals surface area contributed by atoms with E-state index in [2.05, 4.69) is 5.32 Å². The van der Waals surface area contributed by atoms with Crippen LogP contribution in [0.5, 0.6) is 5.75 Å². The Kier molecular flexibility index (Phi) is 5.86. The molecular weight excluding hydrogens is 347 g/mol. The second-order valence-corrected chi connectivity index (χ2v) is 6.47. The van der Waals surface area contributed by atoms with E-state index in [1.807, 2.05) is 30.3 Å². The van der Waals surface area contributed by atoms with Crippen molar-refractivity contribution in [2.75, 3.05) is 18.4 Å². The number of hydrogen-bond donors (Lipinski definition) is 2. The number of rotatable bonds is 4. The summed E-state index contributed by atoms with van der Waals surface area (Å²) in [6.45, 7) is 0.915. The van der Waals surface area contributed by atoms with Gasteiger partial charge < -0.3 is 15.3 Å². The second-order valence-electron chi connectivity index (χ2n) is 6.47. The zero-order valence-electron chi connectivity index (χ0n) is 14.8. The molecule has 140 valence electrons. The van der Waals surface area contributed by atoms with Crippen molar-refractivity contribution in [2.24, 2.45) is 5.92 Å². The monoisotopic (exact) mass is 368 g/mol. The van der Waals surface area contributed by atoms with E-state index in [-0.39, 0.29) is 29.2 Å². The third kappa shape index (κ3) is 4.73. The first-order valence-electron chi connectivity index (χ1n) is 8.85. The van der Waals surface area contributed by atoms with Crippen molar-refractivity contribution >= 4 is 23.6 Å². The number of para-hydroxylation sites is 1. The van der Waals surface area contributed by atoms with Gasteiger partial charge in [-0.25, -0.2) is 4.39 Å². The van der Waals surface area contributed by atoms with E-state index in [4.69, 9.17) is 0 Å². The Morgan fingerprint density at radius 3 is 2.44 bits per heavy atom. The Morgan fingerprint density at radius 2 is 1.78 bits per heavy atom. The van der Waals surface area contributed by atoms with Crippen LogP contribution in [0.1, 0.15) is 18.4 Å². The SMILES string of the molecule is O=C(Nc1c(O)cccc1F)C1CCN(C(=O)/C=C/c2ccccc2)CC1. The van der Waals surface area contributed by atoms with Gasteiger partial charge in [0.25, 0.3) is 0 Å². The van der Waals surface area contributed by atoms with E-state index in [9.17, 15) is 19.1 Å². The molecule has 2 aromatic carbocycles. The van der Waals surface area contributed by atoms with E-state index in [0.29, 0.717) is 25.9 Å². The topological polar surface area (TPSA) is 69.6 Å². The van der Waals surface area contributed by atoms with Gasteiger partial charge in [-0.1, -0.05) is 36.4 Å². The van der Waals surface area contributed by atoms with Crippen LogP contribution in [0.2, 0.25) is 0 Å². The van der Waals surface area contributed by atoms with Gasteiger partial charge in [0, 0.05) is 25.1 Å². The summed E-state index contributed by atoms with van der Waals surface area (Å²) in [6, 6.07) is 13.4. The van der Waals surface area contributed by atoms with Crippen LogP contribution < -0.4 is 5.32 Å². The van der Waals surface area contributed by atoms with Crippen molar-refractivity contribution < 1.29 is 19.1 Å². The molecular formula is C21H21FN2O3. The minimum atomic E-state index is -0.679. The van der Waals surface area contributed by atoms with Gasteiger partial charge in [-0.15, -0.1) is 0 Å². The lowest BCUT2D eigenvalue weighted by Crippen LogP contribution is -2.40. The number of phenolic OH excluding ortho intramolecular Hbond substituents is 1. The smallest absolute Gasteiger partial charge is 0.246 e. The van der Waals surface area contributed by atoms with Crippen molar-refractivity contribution in [3.05, 3.63) is 66.0 Å². The highest BCUT2D eigenvalue weighted by molar-refractivity contribution is 5.95. The van der Waals surface area contributed by atoms with Gasteiger partial charge in [0.05, 0.1) is 0 Å². The summed E-state index contributed by atoms with van der Waals surface area (Å²) in [7, 11) is 0. The quantitative estimate of drug-likeness (QED) is 0.642. The number of likely N-dealkylation sites (tertiary alicyclic amines) is 1. The molecule has 1 heterocycles. The molecule has 1 aliphatic heterocycles. The third-order valence-corrected chi connectivity index (χ3v) is 4.64. The Morgan fingerprint density at radius 1 is 1.07 bits per heavy atom. The first-order chi connectivity index (χ1) is 13.0. The minimum Gasteiger partial charge on any atom is -0.506 e. The summed E-state index contributed by atoms with van der Waals surface area (Å²) in [5, 5.41) is 12.1. The van der Waals surface area contributed by atoms with E-state index < -0.39 is 5.82 Å². The number of anilines is 1. The maximum absolute atomic E-state index is 13.7. The molecule has 1 saturated heterocycles. The summed E-state index contributed by atoms with van der Waals surface area (Å²) in [5.74, 6) is -1.75. The molecule has 0 bridgehead atoms. The van der Waals surface area contributed by atoms with Gasteiger partial charge in [-0.05, 0) is 36.6 Å². The normalized spacial score (nSPS) is 15.1. The fraction of sp³-hybridized carbons (Fsp3) is 0.238. The van der Waals surface area contributed by atoms with Crippen LogP contribution in [0.4, 0.5) is 10.1 Å². The first-order valence-corrected chi connectivity index (χ1v) is 8.85. The molecule has 2 amide bonds. The summed E-state index contributed by atoms with van der Waals surface area (Å²) >= 11 is 0. The predicted octanol–water partition coefficient (Wildman–Crippen LogP) is 3.42. The predicted molar refractivity (Wildman–Crippen MR) is 101 cm³/mol. The lowest BCUT2D eigenvalue weighted by Gasteiger charge is -2.30. The number of carbonyl (C=O) groups is 2. The van der Waals surface area contributed by atoms with E-state index >= 15 is 0 Å². The molecule has 5 nitrogen and oxygen atoms in total. The van der Waals surface area contributed by atoms with Crippen LogP contribution in [0.3, 0.4) is 0 Å². The number of benzene rings is 2. The van der Waals surface area contributed by atoms with Gasteiger partial charge in [0.2, 0.25) is 11.8 Å². The Labute approximate surface area is 157 Å². The summed E-state index contributed by atoms with van der Waals surface area (Å²) in [5.41, 5.74) is 0.747. The van der Waals surface area contributed by atoms with E-state index in [0.717, 1.165) is 5.56 Å². The van der Waals surface area contributed by atoms with Crippen molar-refractivity contribution in [3.8, 4) is 5.75 Å². The Hall–Kier alpha value is -3.15. The number of piperidine rings is 1. The molecule has 6 heteroatoms. The molecule has 0 aliphatic carbocycles. The molecule has 0 unspecified atom stereocenters. The first kappa shape index (κ1) is 18.6. The van der Waals surface area contributed by atoms with Gasteiger partial charge in [0.15, 0.2) is 5.82 Å². The van der Waals surface area contributed by atoms with Crippen LogP contribution in [-0.2, 0) is 9.59 Å². The molecule has 0 saturated carbocycles. The van der Waals surface area contributed by atoms with Crippen LogP contribution in [-0.4, -0.2) is 34.9 Å². The van der Waals surface area contributed by atoms with Gasteiger partial charge in [-0.2, -0.15) is 0 Å². The number of nitrogens with one attached hydrogen (secondary N) is 1. The summed E-state index contributed by atoms with van der Waals surface area (Å²) < 4.78 is 13.7. The molecule has 0 radical (unpaired) electrons. The number of phenols is 1. The molecule has 1 fully saturated rings. The van der Waals surface area contributed by atoms with Crippen molar-refractivity contribution in [1.29, 1.82) is 0 Å². The molecule has 0 atom stereocenters. The fourth-order valence-electron chi connectivity index (χ4n) is 3.06. The lowest BCUT2D eigenvalue weighted by atomic mass is 9.95. The molecule has 0 spiro atoms. The molecule has 1 aliphatic rings. The number of halogens is 1. The van der Waals surface area contributed by atoms with Crippen LogP contribution in [0.15, 0.2) is 54.6 Å². The average molecular weight is 368 g/mol. The number of amides is 2. The number of hydrogen-bond acceptors (Lipinski definition) is 3. The van der Waals surface area contributed by atoms with Crippen molar-refractivity contribution in [2.45, 2.75) is 12.8 Å². The number of carbonyl (C=O) groups excluding carboxylic acids is 2. The average Bonchev–Trinajstić information content (AvgIpc) is 2.70. The Bertz CT molecular complexity index is 824. The Balaban J connectivity index is 1.53. The molecule has 3 rings (SSSR count). The van der Waals surface area contributed by atoms with Gasteiger partial charge in [-0.3, -0.25) is 9.59 Å². The lowest BCUT2D eigenvalue weighted by molar-refractivity contribution is -0.130. The summed E-state index contributed by atoms with van der Waals surface area (Å²) in [4.78, 5) is 26.3. The third-order valence-electron chi connectivity index (χ3n) is 4.64. The number of nitrogens with zero attached hydrogens (tertiary/aromatic N) is 1. The van der Waals surface area contributed by atoms with Gasteiger partial charge in [0.1, 0.15) is 11.4 Å². The van der Waals surface area contributed by atoms with Crippen molar-refractivity contribution in [3.63, 3.8) is 0 Å². The molecule has 2 N–H and O–H groups in total. The maximum Gasteiger partial charge on any atom is 0.246 e. The minimum absolute atomic E-state index is 0.0931. The molecule has 2 aromatic rings. The summed E-state index contributed by atoms with van der Waals surface area (Å²) in [6.07, 6.45) is 4.28. The highest BCUT2D eigenvalue weighted by atomic mass is 19.1. The van der Waals surface area contributed by atoms with Crippen molar-refractivity contribution in [1.82, 2.24) is 4.90 Å². The standard InChI is InChI=1S/C21H21FN2O3/c22-17-7-4-8-18(25)20(17)23-21(27)16-11-13-24(14-12-16)19(26)10-9-15-5-2-1-3-6-15/h1-10,16,25H,11-14H2,(H,23,27)/b10-9+. The molecule has 27 heavy (non-hydrogen) atoms. The zero-order valence-corrected chi connectivity index (χ0v) is 14.8. The largest absolute Gasteiger partial charge is 0.506 e. The maximum atomic E-state index is 13.7. The zero-order chi connectivity index (χ0) is 19.2. The van der Waals surface area contributed by atoms with E-state index in [1.54, 1.807) is 11.0 Å².